The Morgan fingerprint density at radius 3 is 2.17 bits per heavy atom. The van der Waals surface area contributed by atoms with E-state index >= 15 is 0 Å². The second-order valence-corrected chi connectivity index (χ2v) is 4.71. The molecule has 1 N–H and O–H groups in total. The largest absolute Gasteiger partial charge is 0.480 e. The number of para-hydroxylation sites is 1. The van der Waals surface area contributed by atoms with Crippen molar-refractivity contribution in [1.82, 2.24) is 0 Å². The van der Waals surface area contributed by atoms with E-state index in [0.29, 0.717) is 12.1 Å². The first-order valence-electron chi connectivity index (χ1n) is 6.01. The molecule has 1 rings (SSSR count). The molecule has 0 bridgehead atoms. The first kappa shape index (κ1) is 14.2. The molecule has 0 radical (unpaired) electrons. The summed E-state index contributed by atoms with van der Waals surface area (Å²) in [6, 6.07) is 8.10. The van der Waals surface area contributed by atoms with Gasteiger partial charge in [-0.15, -0.1) is 0 Å². The van der Waals surface area contributed by atoms with E-state index in [2.05, 4.69) is 0 Å². The number of hydrogen-bond donors (Lipinski definition) is 1. The highest BCUT2D eigenvalue weighted by atomic mass is 16.4. The Morgan fingerprint density at radius 1 is 1.22 bits per heavy atom. The first-order chi connectivity index (χ1) is 8.43. The minimum Gasteiger partial charge on any atom is -0.480 e. The molecule has 0 saturated heterocycles. The summed E-state index contributed by atoms with van der Waals surface area (Å²) in [7, 11) is 0. The molecule has 0 aliphatic heterocycles. The van der Waals surface area contributed by atoms with E-state index in [-0.39, 0.29) is 11.8 Å². The van der Waals surface area contributed by atoms with Crippen LogP contribution in [0.5, 0.6) is 0 Å². The molecule has 0 aliphatic rings. The fourth-order valence-corrected chi connectivity index (χ4v) is 1.93. The number of rotatable bonds is 5. The second kappa shape index (κ2) is 6.19. The van der Waals surface area contributed by atoms with Gasteiger partial charge in [0.15, 0.2) is 0 Å². The van der Waals surface area contributed by atoms with Crippen molar-refractivity contribution in [3.63, 3.8) is 0 Å². The van der Waals surface area contributed by atoms with Crippen molar-refractivity contribution in [3.05, 3.63) is 30.3 Å². The van der Waals surface area contributed by atoms with Crippen LogP contribution >= 0.6 is 0 Å². The molecular formula is C14H19NO3. The highest BCUT2D eigenvalue weighted by Gasteiger charge is 2.29. The second-order valence-electron chi connectivity index (χ2n) is 4.71. The molecule has 4 heteroatoms. The third-order valence-corrected chi connectivity index (χ3v) is 2.67. The number of carboxylic acids is 1. The SMILES string of the molecule is CC(=O)N(c1ccccc1)[C@@H](CC(C)C)C(=O)O. The standard InChI is InChI=1S/C14H19NO3/c1-10(2)9-13(14(17)18)15(11(3)16)12-7-5-4-6-8-12/h4-8,10,13H,9H2,1-3H3,(H,17,18)/t13-/m0/s1. The first-order valence-corrected chi connectivity index (χ1v) is 6.01. The van der Waals surface area contributed by atoms with Crippen LogP contribution in [0.1, 0.15) is 27.2 Å². The molecule has 18 heavy (non-hydrogen) atoms. The molecule has 0 heterocycles. The van der Waals surface area contributed by atoms with Gasteiger partial charge in [0, 0.05) is 12.6 Å². The molecule has 1 amide bonds. The van der Waals surface area contributed by atoms with Crippen LogP contribution < -0.4 is 4.90 Å². The highest BCUT2D eigenvalue weighted by molar-refractivity contribution is 5.97. The number of aliphatic carboxylic acids is 1. The van der Waals surface area contributed by atoms with Gasteiger partial charge in [-0.3, -0.25) is 9.69 Å². The van der Waals surface area contributed by atoms with Crippen LogP contribution in [-0.2, 0) is 9.59 Å². The average Bonchev–Trinajstić information content (AvgIpc) is 2.28. The molecule has 1 atom stereocenters. The topological polar surface area (TPSA) is 57.6 Å². The molecule has 0 saturated carbocycles. The monoisotopic (exact) mass is 249 g/mol. The Hall–Kier alpha value is -1.84. The van der Waals surface area contributed by atoms with E-state index in [0.717, 1.165) is 0 Å². The number of hydrogen-bond acceptors (Lipinski definition) is 2. The molecule has 1 aromatic carbocycles. The van der Waals surface area contributed by atoms with Crippen molar-refractivity contribution < 1.29 is 14.7 Å². The van der Waals surface area contributed by atoms with E-state index < -0.39 is 12.0 Å². The quantitative estimate of drug-likeness (QED) is 0.872. The summed E-state index contributed by atoms with van der Waals surface area (Å²) in [6.07, 6.45) is 0.434. The van der Waals surface area contributed by atoms with Gasteiger partial charge >= 0.3 is 5.97 Å². The lowest BCUT2D eigenvalue weighted by Crippen LogP contribution is -2.45. The van der Waals surface area contributed by atoms with Crippen molar-refractivity contribution in [2.75, 3.05) is 4.90 Å². The summed E-state index contributed by atoms with van der Waals surface area (Å²) in [5.74, 6) is -1.02. The lowest BCUT2D eigenvalue weighted by molar-refractivity contribution is -0.140. The number of carboxylic acid groups (broad SMARTS) is 1. The Balaban J connectivity index is 3.09. The number of nitrogens with zero attached hydrogens (tertiary/aromatic N) is 1. The summed E-state index contributed by atoms with van der Waals surface area (Å²) in [5.41, 5.74) is 0.623. The summed E-state index contributed by atoms with van der Waals surface area (Å²) in [4.78, 5) is 24.4. The number of carbonyl (C=O) groups excluding carboxylic acids is 1. The Morgan fingerprint density at radius 2 is 1.78 bits per heavy atom. The Labute approximate surface area is 107 Å². The number of benzene rings is 1. The van der Waals surface area contributed by atoms with Gasteiger partial charge in [-0.25, -0.2) is 4.79 Å². The van der Waals surface area contributed by atoms with Gasteiger partial charge in [-0.2, -0.15) is 0 Å². The maximum atomic E-state index is 11.7. The zero-order valence-electron chi connectivity index (χ0n) is 11.0. The molecule has 4 nitrogen and oxygen atoms in total. The van der Waals surface area contributed by atoms with Crippen molar-refractivity contribution in [3.8, 4) is 0 Å². The minimum atomic E-state index is -0.970. The highest BCUT2D eigenvalue weighted by Crippen LogP contribution is 2.21. The van der Waals surface area contributed by atoms with Crippen LogP contribution in [-0.4, -0.2) is 23.0 Å². The van der Waals surface area contributed by atoms with Crippen molar-refractivity contribution in [1.29, 1.82) is 0 Å². The Bertz CT molecular complexity index is 414. The smallest absolute Gasteiger partial charge is 0.326 e. The lowest BCUT2D eigenvalue weighted by Gasteiger charge is -2.29. The van der Waals surface area contributed by atoms with Gasteiger partial charge in [0.1, 0.15) is 6.04 Å². The normalized spacial score (nSPS) is 12.2. The van der Waals surface area contributed by atoms with Crippen molar-refractivity contribution in [2.45, 2.75) is 33.2 Å². The summed E-state index contributed by atoms with van der Waals surface area (Å²) in [6.45, 7) is 5.28. The van der Waals surface area contributed by atoms with Crippen LogP contribution in [0.4, 0.5) is 5.69 Å². The third-order valence-electron chi connectivity index (χ3n) is 2.67. The van der Waals surface area contributed by atoms with Crippen molar-refractivity contribution in [2.24, 2.45) is 5.92 Å². The van der Waals surface area contributed by atoms with Gasteiger partial charge < -0.3 is 5.11 Å². The predicted octanol–water partition coefficient (Wildman–Crippen LogP) is 2.54. The lowest BCUT2D eigenvalue weighted by atomic mass is 10.0. The van der Waals surface area contributed by atoms with Gasteiger partial charge in [0.25, 0.3) is 0 Å². The van der Waals surface area contributed by atoms with Gasteiger partial charge in [-0.1, -0.05) is 32.0 Å². The van der Waals surface area contributed by atoms with E-state index in [1.54, 1.807) is 24.3 Å². The third kappa shape index (κ3) is 3.58. The van der Waals surface area contributed by atoms with E-state index in [4.69, 9.17) is 0 Å². The fraction of sp³-hybridized carbons (Fsp3) is 0.429. The maximum absolute atomic E-state index is 11.7. The van der Waals surface area contributed by atoms with Crippen LogP contribution in [0.25, 0.3) is 0 Å². The summed E-state index contributed by atoms with van der Waals surface area (Å²) in [5, 5.41) is 9.31. The van der Waals surface area contributed by atoms with Crippen LogP contribution in [0, 0.1) is 5.92 Å². The van der Waals surface area contributed by atoms with E-state index in [9.17, 15) is 14.7 Å². The predicted molar refractivity (Wildman–Crippen MR) is 70.5 cm³/mol. The molecule has 0 unspecified atom stereocenters. The molecule has 0 spiro atoms. The fourth-order valence-electron chi connectivity index (χ4n) is 1.93. The van der Waals surface area contributed by atoms with Gasteiger partial charge in [0.2, 0.25) is 5.91 Å². The molecular weight excluding hydrogens is 230 g/mol. The summed E-state index contributed by atoms with van der Waals surface area (Å²) >= 11 is 0. The molecule has 0 aromatic heterocycles. The number of carbonyl (C=O) groups is 2. The zero-order chi connectivity index (χ0) is 13.7. The van der Waals surface area contributed by atoms with Gasteiger partial charge in [0.05, 0.1) is 0 Å². The number of anilines is 1. The molecule has 98 valence electrons. The van der Waals surface area contributed by atoms with Crippen LogP contribution in [0.15, 0.2) is 30.3 Å². The van der Waals surface area contributed by atoms with E-state index in [1.807, 2.05) is 19.9 Å². The maximum Gasteiger partial charge on any atom is 0.326 e. The zero-order valence-corrected chi connectivity index (χ0v) is 11.0. The number of amides is 1. The van der Waals surface area contributed by atoms with Crippen molar-refractivity contribution >= 4 is 17.6 Å². The molecule has 1 aromatic rings. The molecule has 0 fully saturated rings. The summed E-state index contributed by atoms with van der Waals surface area (Å²) < 4.78 is 0. The van der Waals surface area contributed by atoms with Crippen LogP contribution in [0.3, 0.4) is 0 Å². The van der Waals surface area contributed by atoms with Gasteiger partial charge in [-0.05, 0) is 24.5 Å². The average molecular weight is 249 g/mol. The van der Waals surface area contributed by atoms with E-state index in [1.165, 1.54) is 11.8 Å². The minimum absolute atomic E-state index is 0.205. The Kier molecular flexibility index (Phi) is 4.89. The molecule has 0 aliphatic carbocycles. The van der Waals surface area contributed by atoms with Crippen LogP contribution in [0.2, 0.25) is 0 Å².